The highest BCUT2D eigenvalue weighted by atomic mass is 16.1. The predicted molar refractivity (Wildman–Crippen MR) is 115 cm³/mol. The van der Waals surface area contributed by atoms with E-state index < -0.39 is 0 Å². The Kier molecular flexibility index (Phi) is 4.13. The van der Waals surface area contributed by atoms with Crippen LogP contribution < -0.4 is 5.69 Å². The normalized spacial score (nSPS) is 15.2. The third-order valence-corrected chi connectivity index (χ3v) is 6.25. The van der Waals surface area contributed by atoms with Gasteiger partial charge in [-0.25, -0.2) is 4.79 Å². The van der Waals surface area contributed by atoms with Gasteiger partial charge in [-0.2, -0.15) is 0 Å². The summed E-state index contributed by atoms with van der Waals surface area (Å²) in [5, 5.41) is 1.27. The highest BCUT2D eigenvalue weighted by Gasteiger charge is 2.14. The van der Waals surface area contributed by atoms with Gasteiger partial charge in [0, 0.05) is 44.3 Å². The molecule has 0 unspecified atom stereocenters. The lowest BCUT2D eigenvalue weighted by Crippen LogP contribution is -2.23. The summed E-state index contributed by atoms with van der Waals surface area (Å²) in [6, 6.07) is 15.1. The van der Waals surface area contributed by atoms with Crippen LogP contribution in [-0.4, -0.2) is 38.2 Å². The van der Waals surface area contributed by atoms with Gasteiger partial charge in [0.15, 0.2) is 0 Å². The second-order valence-electron chi connectivity index (χ2n) is 7.90. The average Bonchev–Trinajstić information content (AvgIpc) is 3.43. The predicted octanol–water partition coefficient (Wildman–Crippen LogP) is 3.59. The summed E-state index contributed by atoms with van der Waals surface area (Å²) in [5.74, 6) is 0. The van der Waals surface area contributed by atoms with Gasteiger partial charge >= 0.3 is 5.69 Å². The Morgan fingerprint density at radius 3 is 2.46 bits per heavy atom. The third kappa shape index (κ3) is 2.69. The van der Waals surface area contributed by atoms with Gasteiger partial charge < -0.3 is 9.47 Å². The Labute approximate surface area is 164 Å². The minimum Gasteiger partial charge on any atom is -0.346 e. The van der Waals surface area contributed by atoms with E-state index in [0.29, 0.717) is 0 Å². The van der Waals surface area contributed by atoms with Crippen LogP contribution in [0.25, 0.3) is 33.1 Å². The Morgan fingerprint density at radius 1 is 0.857 bits per heavy atom. The fourth-order valence-corrected chi connectivity index (χ4v) is 4.60. The monoisotopic (exact) mass is 374 g/mol. The lowest BCUT2D eigenvalue weighted by molar-refractivity contribution is 0.324. The van der Waals surface area contributed by atoms with Gasteiger partial charge in [0.05, 0.1) is 11.0 Å². The molecular formula is C23H26N4O. The number of likely N-dealkylation sites (tertiary alicyclic amines) is 1. The number of benzene rings is 2. The Morgan fingerprint density at radius 2 is 1.64 bits per heavy atom. The van der Waals surface area contributed by atoms with Crippen molar-refractivity contribution in [1.82, 2.24) is 18.6 Å². The smallest absolute Gasteiger partial charge is 0.328 e. The summed E-state index contributed by atoms with van der Waals surface area (Å²) in [4.78, 5) is 14.8. The van der Waals surface area contributed by atoms with E-state index in [0.717, 1.165) is 29.7 Å². The molecule has 1 aliphatic rings. The molecule has 2 aromatic heterocycles. The fraction of sp³-hybridized carbons (Fsp3) is 0.348. The SMILES string of the molecule is Cn1c(=O)n(C)c2cc(-c3cccc4c3ccn4CCN3CCCC3)ccc21. The van der Waals surface area contributed by atoms with E-state index in [1.54, 1.807) is 9.13 Å². The maximum atomic E-state index is 12.3. The van der Waals surface area contributed by atoms with Gasteiger partial charge in [-0.1, -0.05) is 18.2 Å². The van der Waals surface area contributed by atoms with Gasteiger partial charge in [0.2, 0.25) is 0 Å². The minimum absolute atomic E-state index is 0.0124. The number of nitrogens with zero attached hydrogens (tertiary/aromatic N) is 4. The van der Waals surface area contributed by atoms with Crippen molar-refractivity contribution >= 4 is 21.9 Å². The van der Waals surface area contributed by atoms with Crippen LogP contribution in [0.4, 0.5) is 0 Å². The van der Waals surface area contributed by atoms with Crippen LogP contribution in [0.15, 0.2) is 53.5 Å². The van der Waals surface area contributed by atoms with Crippen LogP contribution in [0.1, 0.15) is 12.8 Å². The molecule has 0 radical (unpaired) electrons. The second-order valence-corrected chi connectivity index (χ2v) is 7.90. The summed E-state index contributed by atoms with van der Waals surface area (Å²) in [6.45, 7) is 4.62. The van der Waals surface area contributed by atoms with Crippen LogP contribution in [0.2, 0.25) is 0 Å². The highest BCUT2D eigenvalue weighted by Crippen LogP contribution is 2.31. The van der Waals surface area contributed by atoms with Crippen molar-refractivity contribution in [2.75, 3.05) is 19.6 Å². The third-order valence-electron chi connectivity index (χ3n) is 6.25. The van der Waals surface area contributed by atoms with Crippen molar-refractivity contribution in [2.45, 2.75) is 19.4 Å². The molecule has 0 saturated carbocycles. The number of hydrogen-bond acceptors (Lipinski definition) is 2. The first kappa shape index (κ1) is 17.3. The van der Waals surface area contributed by atoms with Crippen LogP contribution in [0, 0.1) is 0 Å². The number of hydrogen-bond donors (Lipinski definition) is 0. The molecule has 5 nitrogen and oxygen atoms in total. The molecule has 144 valence electrons. The van der Waals surface area contributed by atoms with Crippen LogP contribution in [-0.2, 0) is 20.6 Å². The van der Waals surface area contributed by atoms with E-state index >= 15 is 0 Å². The van der Waals surface area contributed by atoms with E-state index in [2.05, 4.69) is 58.1 Å². The summed E-state index contributed by atoms with van der Waals surface area (Å²) >= 11 is 0. The molecule has 0 aliphatic carbocycles. The first-order valence-electron chi connectivity index (χ1n) is 10.1. The number of imidazole rings is 1. The second kappa shape index (κ2) is 6.67. The van der Waals surface area contributed by atoms with Gasteiger partial charge in [-0.15, -0.1) is 0 Å². The van der Waals surface area contributed by atoms with Crippen LogP contribution in [0.5, 0.6) is 0 Å². The standard InChI is InChI=1S/C23H26N4O/c1-24-21-9-8-17(16-22(21)25(2)23(24)28)18-6-5-7-20-19(18)10-13-27(20)15-14-26-11-3-4-12-26/h5-10,13,16H,3-4,11-12,14-15H2,1-2H3. The van der Waals surface area contributed by atoms with E-state index in [-0.39, 0.29) is 5.69 Å². The van der Waals surface area contributed by atoms with Crippen molar-refractivity contribution < 1.29 is 0 Å². The molecule has 3 heterocycles. The van der Waals surface area contributed by atoms with Crippen molar-refractivity contribution in [3.8, 4) is 11.1 Å². The molecule has 28 heavy (non-hydrogen) atoms. The molecule has 4 aromatic rings. The minimum atomic E-state index is 0.0124. The Hall–Kier alpha value is -2.79. The summed E-state index contributed by atoms with van der Waals surface area (Å²) in [7, 11) is 3.66. The first-order chi connectivity index (χ1) is 13.6. The zero-order chi connectivity index (χ0) is 19.3. The topological polar surface area (TPSA) is 35.1 Å². The van der Waals surface area contributed by atoms with Crippen LogP contribution >= 0.6 is 0 Å². The molecular weight excluding hydrogens is 348 g/mol. The van der Waals surface area contributed by atoms with E-state index in [9.17, 15) is 4.79 Å². The molecule has 1 aliphatic heterocycles. The van der Waals surface area contributed by atoms with Gasteiger partial charge in [-0.05, 0) is 61.3 Å². The first-order valence-corrected chi connectivity index (χ1v) is 10.1. The lowest BCUT2D eigenvalue weighted by Gasteiger charge is -2.15. The van der Waals surface area contributed by atoms with Crippen LogP contribution in [0.3, 0.4) is 0 Å². The summed E-state index contributed by atoms with van der Waals surface area (Å²) in [6.07, 6.45) is 4.88. The maximum Gasteiger partial charge on any atom is 0.328 e. The average molecular weight is 374 g/mol. The number of aryl methyl sites for hydroxylation is 2. The molecule has 0 spiro atoms. The van der Waals surface area contributed by atoms with E-state index in [1.165, 1.54) is 42.4 Å². The van der Waals surface area contributed by atoms with Crippen molar-refractivity contribution in [2.24, 2.45) is 14.1 Å². The maximum absolute atomic E-state index is 12.3. The quantitative estimate of drug-likeness (QED) is 0.547. The largest absolute Gasteiger partial charge is 0.346 e. The number of aromatic nitrogens is 3. The number of rotatable bonds is 4. The molecule has 1 saturated heterocycles. The number of fused-ring (bicyclic) bond motifs is 2. The summed E-state index contributed by atoms with van der Waals surface area (Å²) in [5.41, 5.74) is 5.59. The molecule has 0 amide bonds. The fourth-order valence-electron chi connectivity index (χ4n) is 4.60. The molecule has 0 atom stereocenters. The molecule has 0 N–H and O–H groups in total. The molecule has 2 aromatic carbocycles. The van der Waals surface area contributed by atoms with E-state index in [4.69, 9.17) is 0 Å². The van der Waals surface area contributed by atoms with Gasteiger partial charge in [0.1, 0.15) is 0 Å². The molecule has 0 bridgehead atoms. The Balaban J connectivity index is 1.55. The molecule has 5 heteroatoms. The van der Waals surface area contributed by atoms with Crippen molar-refractivity contribution in [3.63, 3.8) is 0 Å². The molecule has 1 fully saturated rings. The van der Waals surface area contributed by atoms with Gasteiger partial charge in [-0.3, -0.25) is 9.13 Å². The van der Waals surface area contributed by atoms with Crippen molar-refractivity contribution in [1.29, 1.82) is 0 Å². The van der Waals surface area contributed by atoms with E-state index in [1.807, 2.05) is 14.1 Å². The zero-order valence-electron chi connectivity index (χ0n) is 16.6. The summed E-state index contributed by atoms with van der Waals surface area (Å²) < 4.78 is 5.79. The van der Waals surface area contributed by atoms with Gasteiger partial charge in [0.25, 0.3) is 0 Å². The highest BCUT2D eigenvalue weighted by molar-refractivity contribution is 5.97. The Bertz CT molecular complexity index is 1220. The zero-order valence-corrected chi connectivity index (χ0v) is 16.6. The molecule has 5 rings (SSSR count). The van der Waals surface area contributed by atoms with Crippen molar-refractivity contribution in [3.05, 3.63) is 59.1 Å². The lowest BCUT2D eigenvalue weighted by atomic mass is 10.0.